The minimum Gasteiger partial charge on any atom is -0.497 e. The molecule has 0 radical (unpaired) electrons. The molecule has 20 heavy (non-hydrogen) atoms. The van der Waals surface area contributed by atoms with Crippen LogP contribution in [0.2, 0.25) is 0 Å². The molecule has 1 amide bonds. The zero-order valence-electron chi connectivity index (χ0n) is 12.3. The number of methoxy groups -OCH3 is 1. The quantitative estimate of drug-likeness (QED) is 0.905. The maximum atomic E-state index is 12.4. The van der Waals surface area contributed by atoms with E-state index >= 15 is 0 Å². The summed E-state index contributed by atoms with van der Waals surface area (Å²) in [6, 6.07) is 5.89. The van der Waals surface area contributed by atoms with Gasteiger partial charge < -0.3 is 10.1 Å². The van der Waals surface area contributed by atoms with Crippen LogP contribution < -0.4 is 10.1 Å². The van der Waals surface area contributed by atoms with Crippen LogP contribution >= 0.6 is 0 Å². The predicted molar refractivity (Wildman–Crippen MR) is 80.1 cm³/mol. The molecule has 1 heterocycles. The van der Waals surface area contributed by atoms with Crippen LogP contribution in [0.5, 0.6) is 5.75 Å². The van der Waals surface area contributed by atoms with Crippen LogP contribution in [0.3, 0.4) is 0 Å². The average Bonchev–Trinajstić information content (AvgIpc) is 2.82. The van der Waals surface area contributed by atoms with Crippen LogP contribution in [-0.4, -0.2) is 13.0 Å². The molecule has 3 heteroatoms. The summed E-state index contributed by atoms with van der Waals surface area (Å²) in [4.78, 5) is 12.4. The fourth-order valence-corrected chi connectivity index (χ4v) is 3.84. The van der Waals surface area contributed by atoms with Gasteiger partial charge in [-0.15, -0.1) is 0 Å². The normalized spacial score (nSPS) is 24.1. The molecular formula is C17H23NO2. The van der Waals surface area contributed by atoms with Crippen molar-refractivity contribution in [1.82, 2.24) is 0 Å². The van der Waals surface area contributed by atoms with E-state index in [1.54, 1.807) is 7.11 Å². The SMILES string of the molecule is COc1ccc2c(c1)C(C(C)C1CCCCC1)C(=O)N2. The molecule has 1 aliphatic heterocycles. The summed E-state index contributed by atoms with van der Waals surface area (Å²) in [7, 11) is 1.67. The fourth-order valence-electron chi connectivity index (χ4n) is 3.84. The van der Waals surface area contributed by atoms with E-state index in [2.05, 4.69) is 12.2 Å². The summed E-state index contributed by atoms with van der Waals surface area (Å²) in [5.41, 5.74) is 2.08. The maximum Gasteiger partial charge on any atom is 0.232 e. The minimum absolute atomic E-state index is 0.0109. The first kappa shape index (κ1) is 13.5. The first-order valence-corrected chi connectivity index (χ1v) is 7.69. The molecule has 108 valence electrons. The highest BCUT2D eigenvalue weighted by atomic mass is 16.5. The number of hydrogen-bond acceptors (Lipinski definition) is 2. The largest absolute Gasteiger partial charge is 0.497 e. The highest BCUT2D eigenvalue weighted by Crippen LogP contribution is 2.44. The molecule has 0 aromatic heterocycles. The molecule has 1 aliphatic carbocycles. The molecule has 1 saturated carbocycles. The standard InChI is InChI=1S/C17H23NO2/c1-11(12-6-4-3-5-7-12)16-14-10-13(20-2)8-9-15(14)18-17(16)19/h8-12,16H,3-7H2,1-2H3,(H,18,19). The second-order valence-electron chi connectivity index (χ2n) is 6.18. The molecule has 2 atom stereocenters. The van der Waals surface area contributed by atoms with Gasteiger partial charge in [-0.1, -0.05) is 39.0 Å². The predicted octanol–water partition coefficient (Wildman–Crippen LogP) is 3.95. The summed E-state index contributed by atoms with van der Waals surface area (Å²) in [6.45, 7) is 2.24. The Hall–Kier alpha value is -1.51. The van der Waals surface area contributed by atoms with Gasteiger partial charge in [-0.3, -0.25) is 4.79 Å². The molecule has 0 bridgehead atoms. The Bertz CT molecular complexity index is 506. The number of amides is 1. The molecule has 2 unspecified atom stereocenters. The number of benzene rings is 1. The lowest BCUT2D eigenvalue weighted by molar-refractivity contribution is -0.118. The van der Waals surface area contributed by atoms with Crippen molar-refractivity contribution in [2.75, 3.05) is 12.4 Å². The van der Waals surface area contributed by atoms with E-state index in [9.17, 15) is 4.79 Å². The minimum atomic E-state index is -0.0109. The number of nitrogens with one attached hydrogen (secondary N) is 1. The van der Waals surface area contributed by atoms with Gasteiger partial charge in [-0.25, -0.2) is 0 Å². The maximum absolute atomic E-state index is 12.4. The number of hydrogen-bond donors (Lipinski definition) is 1. The molecule has 0 spiro atoms. The van der Waals surface area contributed by atoms with Crippen molar-refractivity contribution in [3.05, 3.63) is 23.8 Å². The van der Waals surface area contributed by atoms with Crippen molar-refractivity contribution in [2.45, 2.75) is 44.9 Å². The van der Waals surface area contributed by atoms with Gasteiger partial charge in [0.1, 0.15) is 5.75 Å². The Morgan fingerprint density at radius 1 is 1.25 bits per heavy atom. The Labute approximate surface area is 120 Å². The number of anilines is 1. The number of rotatable bonds is 3. The van der Waals surface area contributed by atoms with Gasteiger partial charge in [0, 0.05) is 5.69 Å². The van der Waals surface area contributed by atoms with Gasteiger partial charge in [0.15, 0.2) is 0 Å². The molecule has 3 rings (SSSR count). The average molecular weight is 273 g/mol. The highest BCUT2D eigenvalue weighted by Gasteiger charge is 2.38. The lowest BCUT2D eigenvalue weighted by Crippen LogP contribution is -2.26. The molecule has 3 nitrogen and oxygen atoms in total. The van der Waals surface area contributed by atoms with Gasteiger partial charge >= 0.3 is 0 Å². The molecule has 1 aromatic carbocycles. The monoisotopic (exact) mass is 273 g/mol. The first-order chi connectivity index (χ1) is 9.70. The van der Waals surface area contributed by atoms with Crippen LogP contribution in [0, 0.1) is 11.8 Å². The third-order valence-corrected chi connectivity index (χ3v) is 5.05. The number of carbonyl (C=O) groups is 1. The van der Waals surface area contributed by atoms with E-state index in [-0.39, 0.29) is 11.8 Å². The zero-order chi connectivity index (χ0) is 14.1. The summed E-state index contributed by atoms with van der Waals surface area (Å²) in [5.74, 6) is 2.07. The highest BCUT2D eigenvalue weighted by molar-refractivity contribution is 6.03. The Balaban J connectivity index is 1.88. The van der Waals surface area contributed by atoms with Gasteiger partial charge in [-0.2, -0.15) is 0 Å². The van der Waals surface area contributed by atoms with Gasteiger partial charge in [-0.05, 0) is 35.6 Å². The zero-order valence-corrected chi connectivity index (χ0v) is 12.3. The van der Waals surface area contributed by atoms with E-state index in [0.29, 0.717) is 11.8 Å². The van der Waals surface area contributed by atoms with Crippen LogP contribution in [0.15, 0.2) is 18.2 Å². The van der Waals surface area contributed by atoms with E-state index < -0.39 is 0 Å². The smallest absolute Gasteiger partial charge is 0.232 e. The molecule has 1 aromatic rings. The number of ether oxygens (including phenoxy) is 1. The van der Waals surface area contributed by atoms with E-state index in [1.807, 2.05) is 18.2 Å². The lowest BCUT2D eigenvalue weighted by atomic mass is 9.73. The van der Waals surface area contributed by atoms with Crippen molar-refractivity contribution in [3.63, 3.8) is 0 Å². The summed E-state index contributed by atoms with van der Waals surface area (Å²) in [6.07, 6.45) is 6.52. The van der Waals surface area contributed by atoms with E-state index in [1.165, 1.54) is 32.1 Å². The second-order valence-corrected chi connectivity index (χ2v) is 6.18. The topological polar surface area (TPSA) is 38.3 Å². The van der Waals surface area contributed by atoms with Crippen molar-refractivity contribution in [3.8, 4) is 5.75 Å². The van der Waals surface area contributed by atoms with Crippen molar-refractivity contribution < 1.29 is 9.53 Å². The third-order valence-electron chi connectivity index (χ3n) is 5.05. The molecule has 0 saturated heterocycles. The molecular weight excluding hydrogens is 250 g/mol. The van der Waals surface area contributed by atoms with Gasteiger partial charge in [0.2, 0.25) is 5.91 Å². The van der Waals surface area contributed by atoms with E-state index in [0.717, 1.165) is 17.0 Å². The molecule has 1 fully saturated rings. The van der Waals surface area contributed by atoms with E-state index in [4.69, 9.17) is 4.74 Å². The third kappa shape index (κ3) is 2.30. The van der Waals surface area contributed by atoms with Crippen LogP contribution in [0.4, 0.5) is 5.69 Å². The van der Waals surface area contributed by atoms with Crippen molar-refractivity contribution in [1.29, 1.82) is 0 Å². The van der Waals surface area contributed by atoms with Crippen LogP contribution in [0.25, 0.3) is 0 Å². The Morgan fingerprint density at radius 2 is 2.00 bits per heavy atom. The summed E-state index contributed by atoms with van der Waals surface area (Å²) in [5, 5.41) is 3.02. The van der Waals surface area contributed by atoms with Crippen molar-refractivity contribution >= 4 is 11.6 Å². The number of fused-ring (bicyclic) bond motifs is 1. The second kappa shape index (κ2) is 5.47. The lowest BCUT2D eigenvalue weighted by Gasteiger charge is -2.30. The Kier molecular flexibility index (Phi) is 3.68. The van der Waals surface area contributed by atoms with Gasteiger partial charge in [0.05, 0.1) is 13.0 Å². The summed E-state index contributed by atoms with van der Waals surface area (Å²) >= 11 is 0. The fraction of sp³-hybridized carbons (Fsp3) is 0.588. The van der Waals surface area contributed by atoms with Crippen LogP contribution in [0.1, 0.15) is 50.5 Å². The number of carbonyl (C=O) groups excluding carboxylic acids is 1. The van der Waals surface area contributed by atoms with Crippen LogP contribution in [-0.2, 0) is 4.79 Å². The molecule has 2 aliphatic rings. The van der Waals surface area contributed by atoms with Gasteiger partial charge in [0.25, 0.3) is 0 Å². The first-order valence-electron chi connectivity index (χ1n) is 7.69. The summed E-state index contributed by atoms with van der Waals surface area (Å²) < 4.78 is 5.31. The molecule has 1 N–H and O–H groups in total. The van der Waals surface area contributed by atoms with Crippen molar-refractivity contribution in [2.24, 2.45) is 11.8 Å². The Morgan fingerprint density at radius 3 is 2.70 bits per heavy atom.